The number of aryl methyl sites for hydroxylation is 4. The van der Waals surface area contributed by atoms with Gasteiger partial charge in [-0.3, -0.25) is 0 Å². The summed E-state index contributed by atoms with van der Waals surface area (Å²) in [6.07, 6.45) is 16.2. The molecule has 0 bridgehead atoms. The highest BCUT2D eigenvalue weighted by Crippen LogP contribution is 2.37. The second-order valence-corrected chi connectivity index (χ2v) is 15.7. The zero-order chi connectivity index (χ0) is 39.5. The van der Waals surface area contributed by atoms with Crippen LogP contribution >= 0.6 is 0 Å². The molecular formula is C19H28F12N6O8S4. The van der Waals surface area contributed by atoms with Gasteiger partial charge in [0.1, 0.15) is 24.8 Å². The first kappa shape index (κ1) is 48.4. The summed E-state index contributed by atoms with van der Waals surface area (Å²) >= 11 is 0. The highest BCUT2D eigenvalue weighted by molar-refractivity contribution is 8.13. The van der Waals surface area contributed by atoms with Crippen molar-refractivity contribution in [2.24, 2.45) is 14.1 Å². The van der Waals surface area contributed by atoms with Crippen molar-refractivity contribution in [1.82, 2.24) is 9.13 Å². The van der Waals surface area contributed by atoms with Gasteiger partial charge in [0.05, 0.1) is 27.2 Å². The van der Waals surface area contributed by atoms with Crippen molar-refractivity contribution in [3.63, 3.8) is 0 Å². The molecule has 0 aliphatic heterocycles. The number of imidazole rings is 2. The Labute approximate surface area is 272 Å². The zero-order valence-electron chi connectivity index (χ0n) is 25.1. The fourth-order valence-corrected chi connectivity index (χ4v) is 5.71. The Morgan fingerprint density at radius 2 is 0.776 bits per heavy atom. The maximum Gasteiger partial charge on any atom is 0.480 e. The second kappa shape index (κ2) is 18.0. The van der Waals surface area contributed by atoms with E-state index < -0.39 is 62.1 Å². The number of rotatable bonds is 9. The molecule has 0 saturated heterocycles. The van der Waals surface area contributed by atoms with Gasteiger partial charge in [-0.05, 0) is 12.8 Å². The number of sulfonamides is 4. The summed E-state index contributed by atoms with van der Waals surface area (Å²) < 4.78 is 227. The number of alkyl halides is 12. The van der Waals surface area contributed by atoms with Crippen LogP contribution in [0.2, 0.25) is 0 Å². The van der Waals surface area contributed by atoms with Gasteiger partial charge in [-0.25, -0.2) is 51.9 Å². The van der Waals surface area contributed by atoms with Crippen LogP contribution in [-0.2, 0) is 67.3 Å². The molecule has 0 radical (unpaired) electrons. The summed E-state index contributed by atoms with van der Waals surface area (Å²) in [7, 11) is -22.8. The van der Waals surface area contributed by atoms with Gasteiger partial charge in [0.15, 0.2) is 40.1 Å². The molecule has 2 rings (SSSR count). The first-order valence-electron chi connectivity index (χ1n) is 12.3. The molecule has 49 heavy (non-hydrogen) atoms. The summed E-state index contributed by atoms with van der Waals surface area (Å²) in [6, 6.07) is 0. The lowest BCUT2D eigenvalue weighted by Gasteiger charge is -2.22. The predicted molar refractivity (Wildman–Crippen MR) is 143 cm³/mol. The monoisotopic (exact) mass is 824 g/mol. The number of aromatic nitrogens is 4. The Bertz CT molecular complexity index is 1580. The van der Waals surface area contributed by atoms with Crippen molar-refractivity contribution in [2.75, 3.05) is 0 Å². The summed E-state index contributed by atoms with van der Waals surface area (Å²) in [6.45, 7) is 6.67. The normalized spacial score (nSPS) is 13.3. The lowest BCUT2D eigenvalue weighted by Crippen LogP contribution is -2.30. The van der Waals surface area contributed by atoms with Crippen molar-refractivity contribution >= 4 is 40.1 Å². The molecule has 0 aliphatic carbocycles. The molecular weight excluding hydrogens is 796 g/mol. The molecule has 290 valence electrons. The minimum atomic E-state index is -6.72. The van der Waals surface area contributed by atoms with Crippen molar-refractivity contribution in [2.45, 2.75) is 68.2 Å². The van der Waals surface area contributed by atoms with E-state index in [0.717, 1.165) is 21.3 Å². The number of nitrogens with zero attached hydrogens (tertiary/aromatic N) is 6. The molecule has 0 aromatic carbocycles. The molecule has 0 atom stereocenters. The van der Waals surface area contributed by atoms with E-state index in [1.807, 2.05) is 14.1 Å². The highest BCUT2D eigenvalue weighted by Gasteiger charge is 2.48. The summed E-state index contributed by atoms with van der Waals surface area (Å²) in [5, 5.41) is 0. The fourth-order valence-electron chi connectivity index (χ4n) is 2.29. The average Bonchev–Trinajstić information content (AvgIpc) is 3.47. The standard InChI is InChI=1S/C8H15N2.C7H13N2.2C2F6NO4S2/c1-3-4-5-10-7-6-9(2)8-10;1-3-4-9-6-5-8(2)7-9;2*3-1(4,5)14(10,11)9-15(12,13)2(6,7)8/h6-8H,3-5H2,1-2H3;5-7H,3-4H2,1-2H3;;/q2*+1;2*-1. The Morgan fingerprint density at radius 3 is 0.959 bits per heavy atom. The molecule has 2 heterocycles. The van der Waals surface area contributed by atoms with Crippen LogP contribution in [0.15, 0.2) is 37.4 Å². The van der Waals surface area contributed by atoms with E-state index >= 15 is 0 Å². The van der Waals surface area contributed by atoms with Crippen LogP contribution < -0.4 is 9.13 Å². The SMILES string of the molecule is CCCCn1cc[n+](C)c1.CCCn1cc[n+](C)c1.O=S(=O)([N-]S(=O)(=O)C(F)(F)F)C(F)(F)F.O=S(=O)([N-]S(=O)(=O)C(F)(F)F)C(F)(F)F. The van der Waals surface area contributed by atoms with Crippen LogP contribution in [0.25, 0.3) is 8.25 Å². The van der Waals surface area contributed by atoms with Gasteiger partial charge in [0.2, 0.25) is 12.7 Å². The predicted octanol–water partition coefficient (Wildman–Crippen LogP) is 3.95. The number of hydrogen-bond acceptors (Lipinski definition) is 8. The van der Waals surface area contributed by atoms with Crippen molar-refractivity contribution in [3.05, 3.63) is 45.7 Å². The van der Waals surface area contributed by atoms with Crippen LogP contribution in [-0.4, -0.2) is 64.8 Å². The first-order chi connectivity index (χ1) is 21.6. The van der Waals surface area contributed by atoms with Gasteiger partial charge in [0, 0.05) is 0 Å². The van der Waals surface area contributed by atoms with Gasteiger partial charge in [0.25, 0.3) is 0 Å². The van der Waals surface area contributed by atoms with E-state index in [4.69, 9.17) is 0 Å². The van der Waals surface area contributed by atoms with E-state index in [1.165, 1.54) is 19.3 Å². The van der Waals surface area contributed by atoms with Crippen LogP contribution in [0, 0.1) is 0 Å². The van der Waals surface area contributed by atoms with Crippen molar-refractivity contribution in [3.8, 4) is 0 Å². The van der Waals surface area contributed by atoms with E-state index in [0.29, 0.717) is 0 Å². The Morgan fingerprint density at radius 1 is 0.510 bits per heavy atom. The molecule has 0 saturated carbocycles. The van der Waals surface area contributed by atoms with Gasteiger partial charge < -0.3 is 8.25 Å². The van der Waals surface area contributed by atoms with Gasteiger partial charge >= 0.3 is 22.0 Å². The van der Waals surface area contributed by atoms with Crippen LogP contribution in [0.5, 0.6) is 0 Å². The van der Waals surface area contributed by atoms with E-state index in [2.05, 4.69) is 69.6 Å². The maximum absolute atomic E-state index is 11.4. The molecule has 0 fully saturated rings. The third-order valence-electron chi connectivity index (χ3n) is 4.46. The molecule has 2 aromatic heterocycles. The minimum Gasteiger partial charge on any atom is -0.421 e. The first-order valence-corrected chi connectivity index (χ1v) is 18.1. The smallest absolute Gasteiger partial charge is 0.421 e. The molecule has 2 aromatic rings. The van der Waals surface area contributed by atoms with Gasteiger partial charge in [-0.1, -0.05) is 20.3 Å². The Kier molecular flexibility index (Phi) is 17.8. The second-order valence-electron chi connectivity index (χ2n) is 8.82. The lowest BCUT2D eigenvalue weighted by atomic mass is 10.3. The third-order valence-corrected chi connectivity index (χ3v) is 9.94. The Hall–Kier alpha value is -2.70. The average molecular weight is 825 g/mol. The summed E-state index contributed by atoms with van der Waals surface area (Å²) in [4.78, 5) is 0. The highest BCUT2D eigenvalue weighted by atomic mass is 32.3. The van der Waals surface area contributed by atoms with Gasteiger partial charge in [-0.2, -0.15) is 52.7 Å². The molecule has 30 heteroatoms. The summed E-state index contributed by atoms with van der Waals surface area (Å²) in [5.41, 5.74) is -24.8. The zero-order valence-corrected chi connectivity index (χ0v) is 28.4. The quantitative estimate of drug-likeness (QED) is 0.269. The van der Waals surface area contributed by atoms with E-state index in [1.54, 1.807) is 0 Å². The molecule has 0 unspecified atom stereocenters. The summed E-state index contributed by atoms with van der Waals surface area (Å²) in [5.74, 6) is 0. The molecule has 14 nitrogen and oxygen atoms in total. The number of halogens is 12. The maximum atomic E-state index is 11.4. The van der Waals surface area contributed by atoms with E-state index in [-0.39, 0.29) is 0 Å². The molecule has 0 aliphatic rings. The van der Waals surface area contributed by atoms with Crippen LogP contribution in [0.1, 0.15) is 33.1 Å². The fraction of sp³-hybridized carbons (Fsp3) is 0.684. The van der Waals surface area contributed by atoms with Crippen molar-refractivity contribution in [1.29, 1.82) is 0 Å². The van der Waals surface area contributed by atoms with Gasteiger partial charge in [-0.15, -0.1) is 0 Å². The van der Waals surface area contributed by atoms with Crippen LogP contribution in [0.3, 0.4) is 0 Å². The topological polar surface area (TPSA) is 182 Å². The lowest BCUT2D eigenvalue weighted by molar-refractivity contribution is -0.671. The van der Waals surface area contributed by atoms with Crippen LogP contribution in [0.4, 0.5) is 52.7 Å². The molecule has 0 spiro atoms. The minimum absolute atomic E-state index is 0.778. The third kappa shape index (κ3) is 17.2. The Balaban J connectivity index is 0. The van der Waals surface area contributed by atoms with Crippen molar-refractivity contribution < 1.29 is 95.5 Å². The number of hydrogen-bond donors (Lipinski definition) is 0. The largest absolute Gasteiger partial charge is 0.480 e. The number of unbranched alkanes of at least 4 members (excludes halogenated alkanes) is 1. The van der Waals surface area contributed by atoms with E-state index in [9.17, 15) is 86.4 Å². The molecule has 0 N–H and O–H groups in total. The molecule has 0 amide bonds.